The lowest BCUT2D eigenvalue weighted by Gasteiger charge is -2.12. The summed E-state index contributed by atoms with van der Waals surface area (Å²) in [6.07, 6.45) is 1.44. The molecule has 2 rings (SSSR count). The van der Waals surface area contributed by atoms with Gasteiger partial charge in [0, 0.05) is 23.4 Å². The Labute approximate surface area is 106 Å². The Morgan fingerprint density at radius 1 is 1.41 bits per heavy atom. The van der Waals surface area contributed by atoms with E-state index in [4.69, 9.17) is 4.74 Å². The van der Waals surface area contributed by atoms with Crippen LogP contribution < -0.4 is 4.74 Å². The minimum Gasteiger partial charge on any atom is -0.490 e. The number of non-ortho nitro benzene ring substituents is 1. The Hall–Kier alpha value is -1.43. The van der Waals surface area contributed by atoms with Gasteiger partial charge in [-0.1, -0.05) is 15.9 Å². The van der Waals surface area contributed by atoms with E-state index in [-0.39, 0.29) is 17.6 Å². The predicted molar refractivity (Wildman–Crippen MR) is 64.1 cm³/mol. The van der Waals surface area contributed by atoms with Gasteiger partial charge in [0.2, 0.25) is 0 Å². The van der Waals surface area contributed by atoms with Crippen LogP contribution in [-0.4, -0.2) is 16.8 Å². The van der Waals surface area contributed by atoms with Gasteiger partial charge in [-0.3, -0.25) is 14.9 Å². The van der Waals surface area contributed by atoms with Crippen molar-refractivity contribution in [3.63, 3.8) is 0 Å². The number of carbonyl (C=O) groups excluding carboxylic acids is 1. The van der Waals surface area contributed by atoms with Gasteiger partial charge in [-0.05, 0) is 12.5 Å². The van der Waals surface area contributed by atoms with Crippen LogP contribution in [-0.2, 0) is 4.79 Å². The molecule has 0 aromatic heterocycles. The Morgan fingerprint density at radius 3 is 2.76 bits per heavy atom. The molecule has 0 heterocycles. The van der Waals surface area contributed by atoms with Gasteiger partial charge in [0.15, 0.2) is 0 Å². The summed E-state index contributed by atoms with van der Waals surface area (Å²) < 4.78 is 6.15. The van der Waals surface area contributed by atoms with Gasteiger partial charge in [0.25, 0.3) is 5.69 Å². The summed E-state index contributed by atoms with van der Waals surface area (Å²) in [4.78, 5) is 21.3. The summed E-state index contributed by atoms with van der Waals surface area (Å²) in [6.45, 7) is 0. The molecule has 1 unspecified atom stereocenters. The molecule has 1 atom stereocenters. The summed E-state index contributed by atoms with van der Waals surface area (Å²) in [5.41, 5.74) is -0.0290. The fourth-order valence-corrected chi connectivity index (χ4v) is 2.25. The smallest absolute Gasteiger partial charge is 0.274 e. The van der Waals surface area contributed by atoms with Gasteiger partial charge in [0.05, 0.1) is 11.0 Å². The number of nitro benzene ring substituents is 1. The van der Waals surface area contributed by atoms with Crippen LogP contribution in [0.4, 0.5) is 5.69 Å². The quantitative estimate of drug-likeness (QED) is 0.635. The highest BCUT2D eigenvalue weighted by Crippen LogP contribution is 2.29. The molecule has 0 aliphatic heterocycles. The topological polar surface area (TPSA) is 69.4 Å². The van der Waals surface area contributed by atoms with E-state index in [9.17, 15) is 14.9 Å². The van der Waals surface area contributed by atoms with Gasteiger partial charge >= 0.3 is 0 Å². The van der Waals surface area contributed by atoms with Crippen molar-refractivity contribution in [3.05, 3.63) is 32.8 Å². The monoisotopic (exact) mass is 299 g/mol. The van der Waals surface area contributed by atoms with Crippen LogP contribution in [0, 0.1) is 10.1 Å². The SMILES string of the molecule is O=C1CCC(Oc2cc(Br)cc([N+](=O)[O-])c2)C1. The lowest BCUT2D eigenvalue weighted by atomic mass is 10.3. The summed E-state index contributed by atoms with van der Waals surface area (Å²) in [5.74, 6) is 0.602. The first kappa shape index (κ1) is 12.0. The maximum atomic E-state index is 11.1. The molecule has 1 fully saturated rings. The minimum absolute atomic E-state index is 0.0290. The molecule has 0 bridgehead atoms. The molecular formula is C11H10BrNO4. The van der Waals surface area contributed by atoms with Gasteiger partial charge < -0.3 is 4.74 Å². The van der Waals surface area contributed by atoms with E-state index in [1.54, 1.807) is 6.07 Å². The molecule has 0 spiro atoms. The average molecular weight is 300 g/mol. The molecule has 0 radical (unpaired) electrons. The molecule has 1 saturated carbocycles. The second kappa shape index (κ2) is 4.83. The Balaban J connectivity index is 2.15. The van der Waals surface area contributed by atoms with Crippen molar-refractivity contribution >= 4 is 27.4 Å². The van der Waals surface area contributed by atoms with Crippen LogP contribution in [0.1, 0.15) is 19.3 Å². The molecule has 90 valence electrons. The highest BCUT2D eigenvalue weighted by atomic mass is 79.9. The standard InChI is InChI=1S/C11H10BrNO4/c12-7-3-8(13(15)16)5-11(4-7)17-10-2-1-9(14)6-10/h3-5,10H,1-2,6H2. The van der Waals surface area contributed by atoms with Crippen molar-refractivity contribution < 1.29 is 14.5 Å². The number of ketones is 1. The van der Waals surface area contributed by atoms with Crippen LogP contribution >= 0.6 is 15.9 Å². The number of nitro groups is 1. The third kappa shape index (κ3) is 3.03. The Morgan fingerprint density at radius 2 is 2.18 bits per heavy atom. The van der Waals surface area contributed by atoms with E-state index in [0.29, 0.717) is 29.5 Å². The molecule has 5 nitrogen and oxygen atoms in total. The van der Waals surface area contributed by atoms with Crippen LogP contribution in [0.3, 0.4) is 0 Å². The first-order chi connectivity index (χ1) is 8.04. The maximum absolute atomic E-state index is 11.1. The molecule has 0 N–H and O–H groups in total. The van der Waals surface area contributed by atoms with Gasteiger partial charge in [-0.2, -0.15) is 0 Å². The van der Waals surface area contributed by atoms with E-state index in [2.05, 4.69) is 15.9 Å². The summed E-state index contributed by atoms with van der Waals surface area (Å²) in [7, 11) is 0. The molecule has 1 aliphatic carbocycles. The first-order valence-electron chi connectivity index (χ1n) is 5.18. The second-order valence-corrected chi connectivity index (χ2v) is 4.84. The number of rotatable bonds is 3. The van der Waals surface area contributed by atoms with Crippen molar-refractivity contribution in [2.24, 2.45) is 0 Å². The molecule has 1 aromatic carbocycles. The highest BCUT2D eigenvalue weighted by molar-refractivity contribution is 9.10. The van der Waals surface area contributed by atoms with Gasteiger partial charge in [0.1, 0.15) is 17.6 Å². The van der Waals surface area contributed by atoms with E-state index < -0.39 is 4.92 Å². The van der Waals surface area contributed by atoms with E-state index in [0.717, 1.165) is 0 Å². The molecule has 0 saturated heterocycles. The van der Waals surface area contributed by atoms with Crippen LogP contribution in [0.25, 0.3) is 0 Å². The molecule has 17 heavy (non-hydrogen) atoms. The summed E-state index contributed by atoms with van der Waals surface area (Å²) in [5, 5.41) is 10.7. The number of hydrogen-bond donors (Lipinski definition) is 0. The van der Waals surface area contributed by atoms with E-state index >= 15 is 0 Å². The van der Waals surface area contributed by atoms with Crippen molar-refractivity contribution in [1.29, 1.82) is 0 Å². The number of Topliss-reactive ketones (excluding diaryl/α,β-unsaturated/α-hetero) is 1. The number of hydrogen-bond acceptors (Lipinski definition) is 4. The number of halogens is 1. The van der Waals surface area contributed by atoms with E-state index in [1.807, 2.05) is 0 Å². The number of ether oxygens (including phenoxy) is 1. The zero-order valence-electron chi connectivity index (χ0n) is 8.89. The summed E-state index contributed by atoms with van der Waals surface area (Å²) >= 11 is 3.19. The van der Waals surface area contributed by atoms with Gasteiger partial charge in [-0.15, -0.1) is 0 Å². The first-order valence-corrected chi connectivity index (χ1v) is 5.97. The van der Waals surface area contributed by atoms with Crippen LogP contribution in [0.5, 0.6) is 5.75 Å². The molecule has 6 heteroatoms. The number of carbonyl (C=O) groups is 1. The third-order valence-corrected chi connectivity index (χ3v) is 3.03. The Bertz CT molecular complexity index is 475. The zero-order chi connectivity index (χ0) is 12.4. The summed E-state index contributed by atoms with van der Waals surface area (Å²) in [6, 6.07) is 4.44. The second-order valence-electron chi connectivity index (χ2n) is 3.92. The third-order valence-electron chi connectivity index (χ3n) is 2.57. The molecular weight excluding hydrogens is 290 g/mol. The molecule has 1 aliphatic rings. The van der Waals surface area contributed by atoms with Crippen LogP contribution in [0.15, 0.2) is 22.7 Å². The molecule has 0 amide bonds. The minimum atomic E-state index is -0.475. The van der Waals surface area contributed by atoms with Crippen molar-refractivity contribution in [2.75, 3.05) is 0 Å². The molecule has 1 aromatic rings. The lowest BCUT2D eigenvalue weighted by molar-refractivity contribution is -0.385. The largest absolute Gasteiger partial charge is 0.490 e. The van der Waals surface area contributed by atoms with Gasteiger partial charge in [-0.25, -0.2) is 0 Å². The van der Waals surface area contributed by atoms with Crippen molar-refractivity contribution in [2.45, 2.75) is 25.4 Å². The number of nitrogens with zero attached hydrogens (tertiary/aromatic N) is 1. The fraction of sp³-hybridized carbons (Fsp3) is 0.364. The normalized spacial score (nSPS) is 19.4. The number of benzene rings is 1. The maximum Gasteiger partial charge on any atom is 0.274 e. The predicted octanol–water partition coefficient (Wildman–Crippen LogP) is 2.86. The lowest BCUT2D eigenvalue weighted by Crippen LogP contribution is -2.12. The van der Waals surface area contributed by atoms with Crippen molar-refractivity contribution in [1.82, 2.24) is 0 Å². The highest BCUT2D eigenvalue weighted by Gasteiger charge is 2.24. The van der Waals surface area contributed by atoms with E-state index in [1.165, 1.54) is 12.1 Å². The van der Waals surface area contributed by atoms with Crippen LogP contribution in [0.2, 0.25) is 0 Å². The fourth-order valence-electron chi connectivity index (χ4n) is 1.79. The van der Waals surface area contributed by atoms with Crippen molar-refractivity contribution in [3.8, 4) is 5.75 Å². The average Bonchev–Trinajstić information content (AvgIpc) is 2.63. The Kier molecular flexibility index (Phi) is 3.42. The zero-order valence-corrected chi connectivity index (χ0v) is 10.5.